The van der Waals surface area contributed by atoms with Crippen molar-refractivity contribution in [3.8, 4) is 0 Å². The van der Waals surface area contributed by atoms with Crippen LogP contribution in [0.25, 0.3) is 0 Å². The van der Waals surface area contributed by atoms with Gasteiger partial charge >= 0.3 is 0 Å². The molecule has 0 saturated carbocycles. The Bertz CT molecular complexity index is 150. The number of rotatable bonds is 6. The molecule has 2 atom stereocenters. The van der Waals surface area contributed by atoms with Gasteiger partial charge in [0.25, 0.3) is 0 Å². The molecule has 0 heterocycles. The van der Waals surface area contributed by atoms with E-state index in [2.05, 4.69) is 0 Å². The molecule has 7 heteroatoms. The van der Waals surface area contributed by atoms with Gasteiger partial charge in [-0.1, -0.05) is 0 Å². The zero-order valence-corrected chi connectivity index (χ0v) is 9.79. The Labute approximate surface area is 85.4 Å². The molecule has 0 spiro atoms. The lowest BCUT2D eigenvalue weighted by Gasteiger charge is -2.14. The minimum atomic E-state index is -1.28. The summed E-state index contributed by atoms with van der Waals surface area (Å²) in [5.74, 6) is 0.287. The van der Waals surface area contributed by atoms with Crippen molar-refractivity contribution in [3.05, 3.63) is 0 Å². The van der Waals surface area contributed by atoms with Gasteiger partial charge in [-0.3, -0.25) is 0 Å². The van der Waals surface area contributed by atoms with Gasteiger partial charge in [-0.15, -0.1) is 0 Å². The minimum Gasteiger partial charge on any atom is -0.602 e. The maximum Gasteiger partial charge on any atom is 0.214 e. The third kappa shape index (κ3) is 5.26. The second-order valence-electron chi connectivity index (χ2n) is 1.96. The van der Waals surface area contributed by atoms with Gasteiger partial charge in [0.2, 0.25) is 8.55 Å². The zero-order valence-electron chi connectivity index (χ0n) is 7.34. The topological polar surface area (TPSA) is 86.6 Å². The summed E-state index contributed by atoms with van der Waals surface area (Å²) in [6.07, 6.45) is 0. The lowest BCUT2D eigenvalue weighted by molar-refractivity contribution is 0.320. The van der Waals surface area contributed by atoms with Gasteiger partial charge in [0.1, 0.15) is 11.5 Å². The molecule has 0 saturated heterocycles. The Morgan fingerprint density at radius 2 is 1.54 bits per heavy atom. The molecular formula is C6H14O4S3. The summed E-state index contributed by atoms with van der Waals surface area (Å²) in [5.41, 5.74) is 0. The van der Waals surface area contributed by atoms with Crippen molar-refractivity contribution in [2.45, 2.75) is 6.92 Å². The lowest BCUT2D eigenvalue weighted by atomic mass is 10.9. The Kier molecular flexibility index (Phi) is 8.57. The Morgan fingerprint density at radius 3 is 1.77 bits per heavy atom. The van der Waals surface area contributed by atoms with Crippen LogP contribution in [0.1, 0.15) is 6.92 Å². The Hall–Kier alpha value is 0.760. The first-order valence-corrected chi connectivity index (χ1v) is 8.65. The lowest BCUT2D eigenvalue weighted by Crippen LogP contribution is -2.16. The van der Waals surface area contributed by atoms with E-state index in [4.69, 9.17) is 10.2 Å². The molecule has 2 N–H and O–H groups in total. The quantitative estimate of drug-likeness (QED) is 0.372. The smallest absolute Gasteiger partial charge is 0.214 e. The fraction of sp³-hybridized carbons (Fsp3) is 0.833. The molecule has 0 radical (unpaired) electrons. The molecule has 0 aliphatic carbocycles. The van der Waals surface area contributed by atoms with Crippen LogP contribution in [0.15, 0.2) is 0 Å². The average Bonchev–Trinajstić information content (AvgIpc) is 2.06. The van der Waals surface area contributed by atoms with Gasteiger partial charge in [0.05, 0.1) is 33.6 Å². The molecule has 80 valence electrons. The van der Waals surface area contributed by atoms with Crippen LogP contribution in [0.4, 0.5) is 0 Å². The van der Waals surface area contributed by atoms with Crippen molar-refractivity contribution in [3.63, 3.8) is 0 Å². The van der Waals surface area contributed by atoms with E-state index in [1.165, 1.54) is 0 Å². The molecule has 2 unspecified atom stereocenters. The average molecular weight is 246 g/mol. The van der Waals surface area contributed by atoms with E-state index in [0.717, 1.165) is 0 Å². The normalized spacial score (nSPS) is 17.9. The molecule has 0 aliphatic heterocycles. The van der Waals surface area contributed by atoms with E-state index in [0.29, 0.717) is 0 Å². The van der Waals surface area contributed by atoms with Crippen LogP contribution in [0.5, 0.6) is 0 Å². The molecule has 0 amide bonds. The summed E-state index contributed by atoms with van der Waals surface area (Å²) in [6.45, 7) is 1.36. The summed E-state index contributed by atoms with van der Waals surface area (Å²) in [4.78, 5) is 0. The maximum absolute atomic E-state index is 11.3. The van der Waals surface area contributed by atoms with Crippen molar-refractivity contribution >= 4 is 34.3 Å². The standard InChI is InChI=1S/C6H14O4S3/c1-2-13(11(9)5-3-7)12(10)6-4-8/h2,7-8H,3-6H2,1H3. The van der Waals surface area contributed by atoms with Gasteiger partial charge in [-0.25, -0.2) is 0 Å². The van der Waals surface area contributed by atoms with Crippen molar-refractivity contribution in [2.75, 3.05) is 24.7 Å². The molecule has 0 aromatic carbocycles. The second kappa shape index (κ2) is 8.10. The van der Waals surface area contributed by atoms with Gasteiger partial charge in [-0.2, -0.15) is 0 Å². The SMILES string of the molecule is CC=S([S+]([O-])CCO)[S+]([O-])CCO. The van der Waals surface area contributed by atoms with Crippen LogP contribution in [-0.4, -0.2) is 49.4 Å². The molecule has 0 rings (SSSR count). The highest BCUT2D eigenvalue weighted by Crippen LogP contribution is 2.30. The van der Waals surface area contributed by atoms with E-state index in [1.54, 1.807) is 12.3 Å². The molecule has 4 nitrogen and oxygen atoms in total. The molecule has 0 aliphatic rings. The van der Waals surface area contributed by atoms with Crippen LogP contribution >= 0.6 is 8.55 Å². The predicted octanol–water partition coefficient (Wildman–Crippen LogP) is -0.611. The molecule has 0 aromatic rings. The maximum atomic E-state index is 11.3. The number of aliphatic hydroxyl groups excluding tert-OH is 2. The van der Waals surface area contributed by atoms with Crippen LogP contribution < -0.4 is 0 Å². The second-order valence-corrected chi connectivity index (χ2v) is 10.0. The Morgan fingerprint density at radius 1 is 1.15 bits per heavy atom. The molecule has 13 heavy (non-hydrogen) atoms. The zero-order chi connectivity index (χ0) is 10.3. The first-order valence-electron chi connectivity index (χ1n) is 3.69. The first-order chi connectivity index (χ1) is 6.17. The largest absolute Gasteiger partial charge is 0.602 e. The number of aliphatic hydroxyl groups is 2. The minimum absolute atomic E-state index is 0.143. The van der Waals surface area contributed by atoms with E-state index >= 15 is 0 Å². The van der Waals surface area contributed by atoms with E-state index in [9.17, 15) is 9.11 Å². The summed E-state index contributed by atoms with van der Waals surface area (Å²) in [5, 5.41) is 18.7. The van der Waals surface area contributed by atoms with E-state index in [-0.39, 0.29) is 24.7 Å². The van der Waals surface area contributed by atoms with Crippen LogP contribution in [0, 0.1) is 0 Å². The highest BCUT2D eigenvalue weighted by molar-refractivity contribution is 9.10. The van der Waals surface area contributed by atoms with Gasteiger partial charge in [0, 0.05) is 5.37 Å². The predicted molar refractivity (Wildman–Crippen MR) is 59.5 cm³/mol. The highest BCUT2D eigenvalue weighted by Gasteiger charge is 2.24. The third-order valence-corrected chi connectivity index (χ3v) is 10.3. The summed E-state index contributed by atoms with van der Waals surface area (Å²) < 4.78 is 22.7. The molecule has 0 aromatic heterocycles. The fourth-order valence-corrected chi connectivity index (χ4v) is 7.81. The van der Waals surface area contributed by atoms with Crippen molar-refractivity contribution in [2.24, 2.45) is 0 Å². The van der Waals surface area contributed by atoms with Gasteiger partial charge < -0.3 is 19.3 Å². The van der Waals surface area contributed by atoms with Crippen LogP contribution in [0.2, 0.25) is 0 Å². The van der Waals surface area contributed by atoms with Crippen LogP contribution in [-0.2, 0) is 20.4 Å². The van der Waals surface area contributed by atoms with Gasteiger partial charge in [-0.05, 0) is 6.92 Å². The summed E-state index contributed by atoms with van der Waals surface area (Å²) in [7, 11) is -3.38. The summed E-state index contributed by atoms with van der Waals surface area (Å²) in [6, 6.07) is 0. The highest BCUT2D eigenvalue weighted by atomic mass is 33.5. The summed E-state index contributed by atoms with van der Waals surface area (Å²) >= 11 is 0. The van der Waals surface area contributed by atoms with E-state index in [1.807, 2.05) is 0 Å². The number of hydrogen-bond acceptors (Lipinski definition) is 4. The monoisotopic (exact) mass is 246 g/mol. The third-order valence-electron chi connectivity index (χ3n) is 1.07. The molecule has 0 fully saturated rings. The van der Waals surface area contributed by atoms with E-state index < -0.39 is 29.0 Å². The molecule has 0 bridgehead atoms. The van der Waals surface area contributed by atoms with Crippen molar-refractivity contribution < 1.29 is 19.3 Å². The van der Waals surface area contributed by atoms with Gasteiger partial charge in [0.15, 0.2) is 0 Å². The first kappa shape index (κ1) is 13.8. The Balaban J connectivity index is 4.16. The molecular weight excluding hydrogens is 232 g/mol. The van der Waals surface area contributed by atoms with Crippen molar-refractivity contribution in [1.29, 1.82) is 0 Å². The van der Waals surface area contributed by atoms with Crippen LogP contribution in [0.3, 0.4) is 0 Å². The number of hydrogen-bond donors (Lipinski definition) is 2. The van der Waals surface area contributed by atoms with Crippen molar-refractivity contribution in [1.82, 2.24) is 0 Å². The fourth-order valence-electron chi connectivity index (χ4n) is 0.613.